The van der Waals surface area contributed by atoms with Crippen molar-refractivity contribution in [1.29, 1.82) is 0 Å². The number of rotatable bonds is 7. The van der Waals surface area contributed by atoms with E-state index in [4.69, 9.17) is 0 Å². The molecule has 1 aromatic heterocycles. The number of sulfonamides is 1. The van der Waals surface area contributed by atoms with Crippen molar-refractivity contribution in [2.24, 2.45) is 0 Å². The summed E-state index contributed by atoms with van der Waals surface area (Å²) in [7, 11) is -2.25. The third-order valence-electron chi connectivity index (χ3n) is 4.38. The minimum atomic E-state index is -3.75. The molecule has 0 saturated carbocycles. The quantitative estimate of drug-likeness (QED) is 0.600. The number of amides is 1. The lowest BCUT2D eigenvalue weighted by molar-refractivity contribution is 0.102. The van der Waals surface area contributed by atoms with E-state index in [2.05, 4.69) is 17.2 Å². The van der Waals surface area contributed by atoms with Crippen LogP contribution in [-0.2, 0) is 16.4 Å². The summed E-state index contributed by atoms with van der Waals surface area (Å²) < 4.78 is 27.2. The maximum Gasteiger partial charge on any atom is 0.267 e. The van der Waals surface area contributed by atoms with E-state index in [9.17, 15) is 13.2 Å². The van der Waals surface area contributed by atoms with Crippen LogP contribution in [0.1, 0.15) is 33.7 Å². The van der Waals surface area contributed by atoms with Crippen LogP contribution in [0.4, 0.5) is 11.4 Å². The molecule has 0 atom stereocenters. The summed E-state index contributed by atoms with van der Waals surface area (Å²) in [6.07, 6.45) is 1.79. The van der Waals surface area contributed by atoms with Gasteiger partial charge in [-0.3, -0.25) is 9.10 Å². The number of anilines is 2. The molecule has 0 saturated heterocycles. The Morgan fingerprint density at radius 1 is 1.14 bits per heavy atom. The normalized spacial score (nSPS) is 11.3. The monoisotopic (exact) mass is 429 g/mol. The Morgan fingerprint density at radius 2 is 1.86 bits per heavy atom. The number of hydrogen-bond donors (Lipinski definition) is 1. The van der Waals surface area contributed by atoms with Crippen LogP contribution in [0.25, 0.3) is 0 Å². The highest BCUT2D eigenvalue weighted by Gasteiger charge is 2.22. The molecular formula is C21H23N3O3S2. The maximum atomic E-state index is 13.0. The zero-order valence-corrected chi connectivity index (χ0v) is 18.2. The summed E-state index contributed by atoms with van der Waals surface area (Å²) in [5, 5.41) is 3.72. The molecule has 0 unspecified atom stereocenters. The molecule has 0 spiro atoms. The third kappa shape index (κ3) is 4.65. The van der Waals surface area contributed by atoms with Gasteiger partial charge in [0.25, 0.3) is 15.9 Å². The van der Waals surface area contributed by atoms with Crippen molar-refractivity contribution in [2.45, 2.75) is 31.6 Å². The molecule has 2 aromatic carbocycles. The van der Waals surface area contributed by atoms with Crippen molar-refractivity contribution < 1.29 is 13.2 Å². The third-order valence-corrected chi connectivity index (χ3v) is 7.38. The number of carbonyl (C=O) groups is 1. The second-order valence-electron chi connectivity index (χ2n) is 6.56. The summed E-state index contributed by atoms with van der Waals surface area (Å²) in [6.45, 7) is 3.87. The van der Waals surface area contributed by atoms with Gasteiger partial charge in [0.1, 0.15) is 4.88 Å². The molecule has 1 heterocycles. The number of thiazole rings is 1. The molecule has 1 N–H and O–H groups in total. The lowest BCUT2D eigenvalue weighted by Crippen LogP contribution is -2.26. The Hall–Kier alpha value is -2.71. The molecule has 0 radical (unpaired) electrons. The Kier molecular flexibility index (Phi) is 6.34. The fourth-order valence-corrected chi connectivity index (χ4v) is 5.14. The van der Waals surface area contributed by atoms with Crippen LogP contribution in [-0.4, -0.2) is 26.4 Å². The van der Waals surface area contributed by atoms with Crippen LogP contribution in [0.2, 0.25) is 0 Å². The average molecular weight is 430 g/mol. The number of nitrogens with zero attached hydrogens (tertiary/aromatic N) is 2. The first kappa shape index (κ1) is 21.0. The second kappa shape index (κ2) is 8.75. The van der Waals surface area contributed by atoms with Crippen molar-refractivity contribution >= 4 is 38.6 Å². The maximum absolute atomic E-state index is 13.0. The largest absolute Gasteiger partial charge is 0.321 e. The van der Waals surface area contributed by atoms with Gasteiger partial charge in [-0.1, -0.05) is 31.2 Å². The molecule has 1 amide bonds. The van der Waals surface area contributed by atoms with Crippen LogP contribution in [0.15, 0.2) is 59.5 Å². The van der Waals surface area contributed by atoms with Crippen LogP contribution in [0, 0.1) is 6.92 Å². The second-order valence-corrected chi connectivity index (χ2v) is 9.62. The van der Waals surface area contributed by atoms with Gasteiger partial charge in [0.2, 0.25) is 0 Å². The Balaban J connectivity index is 1.83. The van der Waals surface area contributed by atoms with E-state index in [-0.39, 0.29) is 10.8 Å². The van der Waals surface area contributed by atoms with Gasteiger partial charge in [0.15, 0.2) is 0 Å². The standard InChI is InChI=1S/C21H23N3O3S2/c1-4-9-19-22-15(2)20(28-19)21(25)23-16-10-8-13-18(14-16)29(26,27)24(3)17-11-6-5-7-12-17/h5-8,10-14H,4,9H2,1-3H3,(H,23,25). The first-order chi connectivity index (χ1) is 13.8. The molecule has 29 heavy (non-hydrogen) atoms. The first-order valence-electron chi connectivity index (χ1n) is 9.24. The SMILES string of the molecule is CCCc1nc(C)c(C(=O)Nc2cccc(S(=O)(=O)N(C)c3ccccc3)c2)s1. The number of benzene rings is 2. The van der Waals surface area contributed by atoms with Gasteiger partial charge in [0, 0.05) is 12.7 Å². The predicted molar refractivity (Wildman–Crippen MR) is 117 cm³/mol. The van der Waals surface area contributed by atoms with Crippen molar-refractivity contribution in [3.8, 4) is 0 Å². The molecule has 0 aliphatic carbocycles. The molecule has 6 nitrogen and oxygen atoms in total. The van der Waals surface area contributed by atoms with Gasteiger partial charge in [-0.25, -0.2) is 13.4 Å². The zero-order chi connectivity index (χ0) is 21.0. The van der Waals surface area contributed by atoms with E-state index in [1.165, 1.54) is 34.8 Å². The molecular weight excluding hydrogens is 406 g/mol. The summed E-state index contributed by atoms with van der Waals surface area (Å²) in [4.78, 5) is 17.8. The summed E-state index contributed by atoms with van der Waals surface area (Å²) in [5.74, 6) is -0.284. The highest BCUT2D eigenvalue weighted by atomic mass is 32.2. The molecule has 3 aromatic rings. The topological polar surface area (TPSA) is 79.4 Å². The molecule has 0 aliphatic heterocycles. The Morgan fingerprint density at radius 3 is 2.55 bits per heavy atom. The molecule has 8 heteroatoms. The van der Waals surface area contributed by atoms with E-state index in [0.29, 0.717) is 21.9 Å². The number of hydrogen-bond acceptors (Lipinski definition) is 5. The van der Waals surface area contributed by atoms with Crippen LogP contribution >= 0.6 is 11.3 Å². The van der Waals surface area contributed by atoms with Crippen molar-refractivity contribution in [3.63, 3.8) is 0 Å². The Labute approximate surface area is 175 Å². The highest BCUT2D eigenvalue weighted by Crippen LogP contribution is 2.25. The van der Waals surface area contributed by atoms with E-state index < -0.39 is 10.0 Å². The van der Waals surface area contributed by atoms with E-state index in [0.717, 1.165) is 17.8 Å². The number of carbonyl (C=O) groups excluding carboxylic acids is 1. The highest BCUT2D eigenvalue weighted by molar-refractivity contribution is 7.92. The number of nitrogens with one attached hydrogen (secondary N) is 1. The van der Waals surface area contributed by atoms with Crippen molar-refractivity contribution in [3.05, 3.63) is 70.2 Å². The smallest absolute Gasteiger partial charge is 0.267 e. The average Bonchev–Trinajstić information content (AvgIpc) is 3.09. The summed E-state index contributed by atoms with van der Waals surface area (Å²) >= 11 is 1.37. The van der Waals surface area contributed by atoms with E-state index in [1.807, 2.05) is 6.07 Å². The van der Waals surface area contributed by atoms with Gasteiger partial charge in [-0.2, -0.15) is 0 Å². The summed E-state index contributed by atoms with van der Waals surface area (Å²) in [5.41, 5.74) is 1.66. The minimum absolute atomic E-state index is 0.106. The summed E-state index contributed by atoms with van der Waals surface area (Å²) in [6, 6.07) is 15.1. The molecule has 3 rings (SSSR count). The van der Waals surface area contributed by atoms with Gasteiger partial charge < -0.3 is 5.32 Å². The number of aryl methyl sites for hydroxylation is 2. The van der Waals surface area contributed by atoms with Crippen molar-refractivity contribution in [1.82, 2.24) is 4.98 Å². The van der Waals surface area contributed by atoms with E-state index in [1.54, 1.807) is 43.3 Å². The lowest BCUT2D eigenvalue weighted by Gasteiger charge is -2.19. The van der Waals surface area contributed by atoms with E-state index >= 15 is 0 Å². The fourth-order valence-electron chi connectivity index (χ4n) is 2.84. The first-order valence-corrected chi connectivity index (χ1v) is 11.5. The number of para-hydroxylation sites is 1. The molecule has 0 bridgehead atoms. The lowest BCUT2D eigenvalue weighted by atomic mass is 10.3. The molecule has 0 fully saturated rings. The Bertz CT molecular complexity index is 1110. The predicted octanol–water partition coefficient (Wildman–Crippen LogP) is 4.48. The zero-order valence-electron chi connectivity index (χ0n) is 16.5. The van der Waals surface area contributed by atoms with Gasteiger partial charge >= 0.3 is 0 Å². The van der Waals surface area contributed by atoms with Crippen molar-refractivity contribution in [2.75, 3.05) is 16.7 Å². The minimum Gasteiger partial charge on any atom is -0.321 e. The molecule has 0 aliphatic rings. The van der Waals surface area contributed by atoms with Gasteiger partial charge in [0.05, 0.1) is 21.3 Å². The molecule has 152 valence electrons. The van der Waals surface area contributed by atoms with Gasteiger partial charge in [-0.05, 0) is 50.1 Å². The fraction of sp³-hybridized carbons (Fsp3) is 0.238. The van der Waals surface area contributed by atoms with Gasteiger partial charge in [-0.15, -0.1) is 11.3 Å². The van der Waals surface area contributed by atoms with Crippen LogP contribution < -0.4 is 9.62 Å². The van der Waals surface area contributed by atoms with Crippen LogP contribution in [0.3, 0.4) is 0 Å². The number of aromatic nitrogens is 1. The van der Waals surface area contributed by atoms with Crippen LogP contribution in [0.5, 0.6) is 0 Å².